The Morgan fingerprint density at radius 3 is 3.05 bits per heavy atom. The lowest BCUT2D eigenvalue weighted by atomic mass is 10.2. The summed E-state index contributed by atoms with van der Waals surface area (Å²) in [5, 5.41) is 0. The maximum absolute atomic E-state index is 12.0. The first-order valence-corrected chi connectivity index (χ1v) is 6.57. The second-order valence-electron chi connectivity index (χ2n) is 4.18. The second kappa shape index (κ2) is 6.86. The van der Waals surface area contributed by atoms with Crippen molar-refractivity contribution >= 4 is 17.7 Å². The van der Waals surface area contributed by atoms with E-state index >= 15 is 0 Å². The lowest BCUT2D eigenvalue weighted by molar-refractivity contribution is 0.0520. The number of pyridine rings is 1. The molecular weight excluding hydrogens is 256 g/mol. The standard InChI is InChI=1S/C15H18N2O3/c1-3-20-15(18)14-12(8-5-7-11-19-2)17-10-6-4-9-13(17)16-14/h4-6,8-10H,3,7,11H2,1-2H3/b8-5+. The molecule has 2 aromatic rings. The smallest absolute Gasteiger partial charge is 0.359 e. The summed E-state index contributed by atoms with van der Waals surface area (Å²) in [5.41, 5.74) is 1.80. The maximum Gasteiger partial charge on any atom is 0.359 e. The SMILES string of the molecule is CCOC(=O)c1nc2ccccn2c1/C=C/CCOC. The Labute approximate surface area is 117 Å². The van der Waals surface area contributed by atoms with Gasteiger partial charge in [-0.1, -0.05) is 12.1 Å². The number of hydrogen-bond acceptors (Lipinski definition) is 4. The van der Waals surface area contributed by atoms with Gasteiger partial charge in [0.15, 0.2) is 5.69 Å². The summed E-state index contributed by atoms with van der Waals surface area (Å²) in [6.07, 6.45) is 6.49. The Kier molecular flexibility index (Phi) is 4.90. The van der Waals surface area contributed by atoms with E-state index in [1.165, 1.54) is 0 Å². The van der Waals surface area contributed by atoms with Crippen LogP contribution < -0.4 is 0 Å². The molecule has 2 heterocycles. The van der Waals surface area contributed by atoms with E-state index in [1.807, 2.05) is 40.9 Å². The van der Waals surface area contributed by atoms with Gasteiger partial charge in [0.05, 0.1) is 12.3 Å². The van der Waals surface area contributed by atoms with Crippen LogP contribution in [0.4, 0.5) is 0 Å². The molecule has 2 aromatic heterocycles. The number of hydrogen-bond donors (Lipinski definition) is 0. The van der Waals surface area contributed by atoms with Crippen molar-refractivity contribution in [3.05, 3.63) is 41.9 Å². The highest BCUT2D eigenvalue weighted by Crippen LogP contribution is 2.15. The molecule has 0 spiro atoms. The lowest BCUT2D eigenvalue weighted by Gasteiger charge is -2.00. The number of fused-ring (bicyclic) bond motifs is 1. The number of nitrogens with zero attached hydrogens (tertiary/aromatic N) is 2. The third-order valence-corrected chi connectivity index (χ3v) is 2.80. The summed E-state index contributed by atoms with van der Waals surface area (Å²) >= 11 is 0. The first kappa shape index (κ1) is 14.3. The Balaban J connectivity index is 2.39. The normalized spacial score (nSPS) is 11.3. The number of esters is 1. The number of imidazole rings is 1. The van der Waals surface area contributed by atoms with Gasteiger partial charge in [-0.15, -0.1) is 0 Å². The van der Waals surface area contributed by atoms with E-state index in [0.29, 0.717) is 18.9 Å². The molecule has 0 unspecified atom stereocenters. The summed E-state index contributed by atoms with van der Waals surface area (Å²) in [7, 11) is 1.66. The van der Waals surface area contributed by atoms with Gasteiger partial charge in [-0.25, -0.2) is 9.78 Å². The van der Waals surface area contributed by atoms with E-state index in [9.17, 15) is 4.79 Å². The van der Waals surface area contributed by atoms with Crippen molar-refractivity contribution in [3.8, 4) is 0 Å². The molecule has 2 rings (SSSR count). The first-order valence-electron chi connectivity index (χ1n) is 6.57. The average Bonchev–Trinajstić information content (AvgIpc) is 2.83. The number of ether oxygens (including phenoxy) is 2. The zero-order valence-electron chi connectivity index (χ0n) is 11.7. The monoisotopic (exact) mass is 274 g/mol. The minimum Gasteiger partial charge on any atom is -0.461 e. The van der Waals surface area contributed by atoms with Gasteiger partial charge in [-0.3, -0.25) is 4.40 Å². The van der Waals surface area contributed by atoms with Gasteiger partial charge in [0, 0.05) is 19.9 Å². The second-order valence-corrected chi connectivity index (χ2v) is 4.18. The van der Waals surface area contributed by atoms with E-state index in [2.05, 4.69) is 4.98 Å². The number of rotatable bonds is 6. The minimum absolute atomic E-state index is 0.333. The predicted molar refractivity (Wildman–Crippen MR) is 76.7 cm³/mol. The Bertz CT molecular complexity index is 617. The molecule has 106 valence electrons. The van der Waals surface area contributed by atoms with Crippen molar-refractivity contribution in [2.24, 2.45) is 0 Å². The third-order valence-electron chi connectivity index (χ3n) is 2.80. The van der Waals surface area contributed by atoms with Gasteiger partial charge in [0.25, 0.3) is 0 Å². The topological polar surface area (TPSA) is 52.8 Å². The van der Waals surface area contributed by atoms with E-state index in [0.717, 1.165) is 17.8 Å². The van der Waals surface area contributed by atoms with Crippen molar-refractivity contribution in [1.29, 1.82) is 0 Å². The Hall–Kier alpha value is -2.14. The molecule has 0 radical (unpaired) electrons. The fourth-order valence-electron chi connectivity index (χ4n) is 1.90. The van der Waals surface area contributed by atoms with Gasteiger partial charge in [0.1, 0.15) is 5.65 Å². The van der Waals surface area contributed by atoms with E-state index in [-0.39, 0.29) is 0 Å². The molecule has 0 amide bonds. The zero-order valence-corrected chi connectivity index (χ0v) is 11.7. The number of aromatic nitrogens is 2. The lowest BCUT2D eigenvalue weighted by Crippen LogP contribution is -2.07. The molecule has 0 aliphatic heterocycles. The highest BCUT2D eigenvalue weighted by molar-refractivity contribution is 5.92. The summed E-state index contributed by atoms with van der Waals surface area (Å²) in [6.45, 7) is 2.75. The van der Waals surface area contributed by atoms with Crippen LogP contribution in [-0.2, 0) is 9.47 Å². The van der Waals surface area contributed by atoms with Gasteiger partial charge in [0.2, 0.25) is 0 Å². The van der Waals surface area contributed by atoms with E-state index in [1.54, 1.807) is 14.0 Å². The molecule has 0 saturated carbocycles. The highest BCUT2D eigenvalue weighted by Gasteiger charge is 2.17. The zero-order chi connectivity index (χ0) is 14.4. The number of methoxy groups -OCH3 is 1. The Morgan fingerprint density at radius 1 is 1.45 bits per heavy atom. The van der Waals surface area contributed by atoms with Crippen LogP contribution in [0.3, 0.4) is 0 Å². The molecule has 0 aliphatic rings. The van der Waals surface area contributed by atoms with Crippen LogP contribution in [0.1, 0.15) is 29.5 Å². The molecular formula is C15H18N2O3. The van der Waals surface area contributed by atoms with Crippen LogP contribution in [-0.4, -0.2) is 35.7 Å². The molecule has 5 nitrogen and oxygen atoms in total. The van der Waals surface area contributed by atoms with Crippen LogP contribution >= 0.6 is 0 Å². The van der Waals surface area contributed by atoms with Gasteiger partial charge < -0.3 is 9.47 Å². The van der Waals surface area contributed by atoms with Gasteiger partial charge >= 0.3 is 5.97 Å². The van der Waals surface area contributed by atoms with E-state index < -0.39 is 5.97 Å². The molecule has 0 fully saturated rings. The molecule has 0 N–H and O–H groups in total. The van der Waals surface area contributed by atoms with Crippen molar-refractivity contribution in [2.45, 2.75) is 13.3 Å². The molecule has 20 heavy (non-hydrogen) atoms. The number of carbonyl (C=O) groups excluding carboxylic acids is 1. The summed E-state index contributed by atoms with van der Waals surface area (Å²) in [6, 6.07) is 5.64. The molecule has 0 aliphatic carbocycles. The number of carbonyl (C=O) groups is 1. The molecule has 0 aromatic carbocycles. The van der Waals surface area contributed by atoms with Crippen LogP contribution in [0.5, 0.6) is 0 Å². The van der Waals surface area contributed by atoms with Crippen LogP contribution in [0, 0.1) is 0 Å². The first-order chi connectivity index (χ1) is 9.77. The quantitative estimate of drug-likeness (QED) is 0.600. The largest absolute Gasteiger partial charge is 0.461 e. The summed E-state index contributed by atoms with van der Waals surface area (Å²) in [5.74, 6) is -0.400. The molecule has 0 atom stereocenters. The summed E-state index contributed by atoms with van der Waals surface area (Å²) in [4.78, 5) is 16.3. The van der Waals surface area contributed by atoms with Crippen molar-refractivity contribution in [1.82, 2.24) is 9.38 Å². The molecule has 0 saturated heterocycles. The van der Waals surface area contributed by atoms with Crippen LogP contribution in [0.15, 0.2) is 30.5 Å². The predicted octanol–water partition coefficient (Wildman–Crippen LogP) is 2.56. The fourth-order valence-corrected chi connectivity index (χ4v) is 1.90. The molecule has 5 heteroatoms. The van der Waals surface area contributed by atoms with Crippen molar-refractivity contribution < 1.29 is 14.3 Å². The Morgan fingerprint density at radius 2 is 2.30 bits per heavy atom. The van der Waals surface area contributed by atoms with Crippen molar-refractivity contribution in [3.63, 3.8) is 0 Å². The van der Waals surface area contributed by atoms with Gasteiger partial charge in [-0.2, -0.15) is 0 Å². The average molecular weight is 274 g/mol. The van der Waals surface area contributed by atoms with Crippen molar-refractivity contribution in [2.75, 3.05) is 20.3 Å². The molecule has 0 bridgehead atoms. The maximum atomic E-state index is 12.0. The van der Waals surface area contributed by atoms with Gasteiger partial charge in [-0.05, 0) is 31.6 Å². The van der Waals surface area contributed by atoms with Crippen LogP contribution in [0.25, 0.3) is 11.7 Å². The minimum atomic E-state index is -0.400. The van der Waals surface area contributed by atoms with E-state index in [4.69, 9.17) is 9.47 Å². The fraction of sp³-hybridized carbons (Fsp3) is 0.333. The highest BCUT2D eigenvalue weighted by atomic mass is 16.5. The summed E-state index contributed by atoms with van der Waals surface area (Å²) < 4.78 is 11.9. The van der Waals surface area contributed by atoms with Crippen LogP contribution in [0.2, 0.25) is 0 Å². The third kappa shape index (κ3) is 3.05.